The van der Waals surface area contributed by atoms with Gasteiger partial charge in [-0.1, -0.05) is 42.5 Å². The lowest BCUT2D eigenvalue weighted by Crippen LogP contribution is -2.41. The molecule has 35 heavy (non-hydrogen) atoms. The van der Waals surface area contributed by atoms with E-state index in [0.29, 0.717) is 5.56 Å². The van der Waals surface area contributed by atoms with Crippen molar-refractivity contribution in [3.63, 3.8) is 0 Å². The van der Waals surface area contributed by atoms with E-state index in [9.17, 15) is 27.6 Å². The Hall–Kier alpha value is -3.36. The maximum Gasteiger partial charge on any atom is 0.416 e. The number of halogens is 3. The summed E-state index contributed by atoms with van der Waals surface area (Å²) < 4.78 is 48.7. The number of esters is 1. The maximum atomic E-state index is 12.8. The molecule has 0 aliphatic heterocycles. The molecule has 0 fully saturated rings. The van der Waals surface area contributed by atoms with Gasteiger partial charge in [-0.15, -0.1) is 0 Å². The standard InChI is InChI=1S/C26H30F3NO5/c1-25(2,3)35-23(32)16-14-21(30-24(33)34-17-19-7-5-4-6-8-19)22(31)15-11-18-9-12-20(13-10-18)26(27,28)29/h4-10,12-13,21H,11,14-17H2,1-3H3,(H,30,33)/t21-/m1/s1. The molecule has 0 saturated heterocycles. The number of ketones is 1. The number of rotatable bonds is 10. The average Bonchev–Trinajstić information content (AvgIpc) is 2.78. The Labute approximate surface area is 202 Å². The van der Waals surface area contributed by atoms with E-state index < -0.39 is 35.4 Å². The summed E-state index contributed by atoms with van der Waals surface area (Å²) in [4.78, 5) is 37.3. The van der Waals surface area contributed by atoms with Crippen LogP contribution in [0.1, 0.15) is 56.7 Å². The SMILES string of the molecule is CC(C)(C)OC(=O)CC[C@@H](NC(=O)OCc1ccccc1)C(=O)CCc1ccc(C(F)(F)F)cc1. The second kappa shape index (κ2) is 12.4. The van der Waals surface area contributed by atoms with Gasteiger partial charge in [-0.25, -0.2) is 4.79 Å². The highest BCUT2D eigenvalue weighted by molar-refractivity contribution is 5.88. The van der Waals surface area contributed by atoms with Gasteiger partial charge in [0.05, 0.1) is 11.6 Å². The zero-order chi connectivity index (χ0) is 26.1. The van der Waals surface area contributed by atoms with Crippen molar-refractivity contribution in [3.05, 3.63) is 71.3 Å². The number of carbonyl (C=O) groups excluding carboxylic acids is 3. The Balaban J connectivity index is 1.98. The van der Waals surface area contributed by atoms with Crippen molar-refractivity contribution < 1.29 is 37.0 Å². The monoisotopic (exact) mass is 493 g/mol. The number of hydrogen-bond donors (Lipinski definition) is 1. The first-order chi connectivity index (χ1) is 16.3. The number of Topliss-reactive ketones (excluding diaryl/α,β-unsaturated/α-hetero) is 1. The van der Waals surface area contributed by atoms with Gasteiger partial charge in [0.25, 0.3) is 0 Å². The molecule has 0 radical (unpaired) electrons. The van der Waals surface area contributed by atoms with E-state index in [2.05, 4.69) is 5.32 Å². The molecule has 1 amide bonds. The third-order valence-corrected chi connectivity index (χ3v) is 4.89. The van der Waals surface area contributed by atoms with Gasteiger partial charge in [-0.05, 0) is 56.9 Å². The van der Waals surface area contributed by atoms with Crippen LogP contribution in [0.2, 0.25) is 0 Å². The number of alkyl carbamates (subject to hydrolysis) is 1. The van der Waals surface area contributed by atoms with Gasteiger partial charge in [0.15, 0.2) is 5.78 Å². The van der Waals surface area contributed by atoms with Gasteiger partial charge in [-0.2, -0.15) is 13.2 Å². The predicted molar refractivity (Wildman–Crippen MR) is 123 cm³/mol. The molecular formula is C26H30F3NO5. The summed E-state index contributed by atoms with van der Waals surface area (Å²) in [5.41, 5.74) is -0.155. The molecule has 0 spiro atoms. The first-order valence-electron chi connectivity index (χ1n) is 11.2. The molecule has 0 aliphatic carbocycles. The molecule has 9 heteroatoms. The summed E-state index contributed by atoms with van der Waals surface area (Å²) in [6.07, 6.45) is -5.21. The fourth-order valence-electron chi connectivity index (χ4n) is 3.18. The lowest BCUT2D eigenvalue weighted by atomic mass is 9.99. The summed E-state index contributed by atoms with van der Waals surface area (Å²) in [6, 6.07) is 12.5. The van der Waals surface area contributed by atoms with E-state index in [1.807, 2.05) is 6.07 Å². The smallest absolute Gasteiger partial charge is 0.416 e. The van der Waals surface area contributed by atoms with Gasteiger partial charge in [-0.3, -0.25) is 9.59 Å². The first kappa shape index (κ1) is 27.9. The van der Waals surface area contributed by atoms with Crippen LogP contribution >= 0.6 is 0 Å². The van der Waals surface area contributed by atoms with Crippen molar-refractivity contribution >= 4 is 17.8 Å². The molecular weight excluding hydrogens is 463 g/mol. The van der Waals surface area contributed by atoms with Crippen molar-refractivity contribution in [2.45, 2.75) is 70.9 Å². The molecule has 0 heterocycles. The van der Waals surface area contributed by atoms with Crippen LogP contribution in [-0.4, -0.2) is 29.5 Å². The van der Waals surface area contributed by atoms with E-state index in [0.717, 1.165) is 17.7 Å². The summed E-state index contributed by atoms with van der Waals surface area (Å²) in [7, 11) is 0. The number of benzene rings is 2. The third kappa shape index (κ3) is 10.6. The van der Waals surface area contributed by atoms with Gasteiger partial charge in [0, 0.05) is 12.8 Å². The van der Waals surface area contributed by atoms with Gasteiger partial charge in [0.1, 0.15) is 12.2 Å². The summed E-state index contributed by atoms with van der Waals surface area (Å²) >= 11 is 0. The molecule has 0 aromatic heterocycles. The molecule has 0 saturated carbocycles. The van der Waals surface area contributed by atoms with Crippen molar-refractivity contribution in [2.75, 3.05) is 0 Å². The Bertz CT molecular complexity index is 983. The number of ether oxygens (including phenoxy) is 2. The average molecular weight is 494 g/mol. The highest BCUT2D eigenvalue weighted by Gasteiger charge is 2.30. The Kier molecular flexibility index (Phi) is 9.86. The molecule has 0 bridgehead atoms. The highest BCUT2D eigenvalue weighted by atomic mass is 19.4. The molecule has 2 aromatic carbocycles. The minimum absolute atomic E-state index is 0.00119. The number of amides is 1. The Morgan fingerprint density at radius 1 is 0.886 bits per heavy atom. The minimum Gasteiger partial charge on any atom is -0.460 e. The largest absolute Gasteiger partial charge is 0.460 e. The quantitative estimate of drug-likeness (QED) is 0.434. The second-order valence-corrected chi connectivity index (χ2v) is 9.04. The third-order valence-electron chi connectivity index (χ3n) is 4.89. The predicted octanol–water partition coefficient (Wildman–Crippen LogP) is 5.62. The van der Waals surface area contributed by atoms with Crippen LogP contribution in [-0.2, 0) is 38.3 Å². The number of hydrogen-bond acceptors (Lipinski definition) is 5. The zero-order valence-corrected chi connectivity index (χ0v) is 20.0. The van der Waals surface area contributed by atoms with E-state index in [4.69, 9.17) is 9.47 Å². The fourth-order valence-corrected chi connectivity index (χ4v) is 3.18. The van der Waals surface area contributed by atoms with Crippen molar-refractivity contribution in [1.82, 2.24) is 5.32 Å². The van der Waals surface area contributed by atoms with E-state index >= 15 is 0 Å². The van der Waals surface area contributed by atoms with Gasteiger partial charge >= 0.3 is 18.2 Å². The van der Waals surface area contributed by atoms with Gasteiger partial charge in [0.2, 0.25) is 0 Å². The van der Waals surface area contributed by atoms with Crippen molar-refractivity contribution in [2.24, 2.45) is 0 Å². The minimum atomic E-state index is -4.44. The molecule has 2 rings (SSSR count). The summed E-state index contributed by atoms with van der Waals surface area (Å²) in [6.45, 7) is 5.16. The molecule has 1 atom stereocenters. The van der Waals surface area contributed by atoms with Crippen LogP contribution in [0, 0.1) is 0 Å². The van der Waals surface area contributed by atoms with Crippen LogP contribution in [0.25, 0.3) is 0 Å². The summed E-state index contributed by atoms with van der Waals surface area (Å²) in [5, 5.41) is 2.50. The van der Waals surface area contributed by atoms with Crippen molar-refractivity contribution in [1.29, 1.82) is 0 Å². The molecule has 190 valence electrons. The molecule has 1 N–H and O–H groups in total. The van der Waals surface area contributed by atoms with Crippen LogP contribution in [0.5, 0.6) is 0 Å². The Morgan fingerprint density at radius 2 is 1.51 bits per heavy atom. The molecule has 6 nitrogen and oxygen atoms in total. The summed E-state index contributed by atoms with van der Waals surface area (Å²) in [5.74, 6) is -0.886. The first-order valence-corrected chi connectivity index (χ1v) is 11.2. The molecule has 0 unspecified atom stereocenters. The number of nitrogens with one attached hydrogen (secondary N) is 1. The molecule has 0 aliphatic rings. The normalized spacial score (nSPS) is 12.5. The number of aryl methyl sites for hydroxylation is 1. The van der Waals surface area contributed by atoms with Crippen LogP contribution in [0.4, 0.5) is 18.0 Å². The van der Waals surface area contributed by atoms with E-state index in [1.54, 1.807) is 45.0 Å². The maximum absolute atomic E-state index is 12.8. The lowest BCUT2D eigenvalue weighted by Gasteiger charge is -2.21. The zero-order valence-electron chi connectivity index (χ0n) is 20.0. The lowest BCUT2D eigenvalue weighted by molar-refractivity contribution is -0.155. The fraction of sp³-hybridized carbons (Fsp3) is 0.423. The van der Waals surface area contributed by atoms with Crippen molar-refractivity contribution in [3.8, 4) is 0 Å². The van der Waals surface area contributed by atoms with E-state index in [-0.39, 0.29) is 38.1 Å². The van der Waals surface area contributed by atoms with Crippen LogP contribution in [0.15, 0.2) is 54.6 Å². The number of carbonyl (C=O) groups is 3. The highest BCUT2D eigenvalue weighted by Crippen LogP contribution is 2.29. The number of alkyl halides is 3. The van der Waals surface area contributed by atoms with E-state index in [1.165, 1.54) is 12.1 Å². The van der Waals surface area contributed by atoms with Gasteiger partial charge < -0.3 is 14.8 Å². The second-order valence-electron chi connectivity index (χ2n) is 9.04. The van der Waals surface area contributed by atoms with Crippen LogP contribution < -0.4 is 5.32 Å². The molecule has 2 aromatic rings. The Morgan fingerprint density at radius 3 is 2.09 bits per heavy atom. The topological polar surface area (TPSA) is 81.7 Å². The van der Waals surface area contributed by atoms with Crippen LogP contribution in [0.3, 0.4) is 0 Å².